The smallest absolute Gasteiger partial charge is 0.408 e. The van der Waals surface area contributed by atoms with E-state index in [2.05, 4.69) is 0 Å². The standard InChI is InChI=1S/C11H18N2O4/c12-7-3-1-5-11(9(14)15)6-2-4-8-13(11)10(16)17/h1,3H,2,4-8,12H2,(H,14,15)(H,16,17). The first-order valence-corrected chi connectivity index (χ1v) is 5.63. The van der Waals surface area contributed by atoms with Crippen LogP contribution in [0.5, 0.6) is 0 Å². The Kier molecular flexibility index (Phi) is 4.51. The van der Waals surface area contributed by atoms with Crippen molar-refractivity contribution in [3.8, 4) is 0 Å². The van der Waals surface area contributed by atoms with Crippen molar-refractivity contribution in [2.45, 2.75) is 31.2 Å². The minimum Gasteiger partial charge on any atom is -0.479 e. The number of aliphatic carboxylic acids is 1. The van der Waals surface area contributed by atoms with Gasteiger partial charge in [-0.1, -0.05) is 12.2 Å². The van der Waals surface area contributed by atoms with E-state index < -0.39 is 17.6 Å². The maximum absolute atomic E-state index is 11.4. The van der Waals surface area contributed by atoms with Crippen molar-refractivity contribution in [1.82, 2.24) is 4.90 Å². The van der Waals surface area contributed by atoms with Crippen LogP contribution in [0.4, 0.5) is 4.79 Å². The van der Waals surface area contributed by atoms with Crippen molar-refractivity contribution in [2.24, 2.45) is 5.73 Å². The van der Waals surface area contributed by atoms with E-state index in [1.807, 2.05) is 0 Å². The molecule has 4 N–H and O–H groups in total. The number of carboxylic acid groups (broad SMARTS) is 2. The third-order valence-corrected chi connectivity index (χ3v) is 3.13. The Morgan fingerprint density at radius 2 is 2.00 bits per heavy atom. The van der Waals surface area contributed by atoms with Crippen molar-refractivity contribution in [3.63, 3.8) is 0 Å². The first kappa shape index (κ1) is 13.5. The molecule has 1 heterocycles. The molecule has 0 spiro atoms. The molecule has 1 amide bonds. The van der Waals surface area contributed by atoms with E-state index >= 15 is 0 Å². The monoisotopic (exact) mass is 242 g/mol. The molecule has 17 heavy (non-hydrogen) atoms. The van der Waals surface area contributed by atoms with Crippen LogP contribution in [0.1, 0.15) is 25.7 Å². The zero-order chi connectivity index (χ0) is 12.9. The molecule has 1 rings (SSSR count). The molecule has 0 aliphatic carbocycles. The normalized spacial score (nSPS) is 25.1. The highest BCUT2D eigenvalue weighted by Gasteiger charge is 2.47. The van der Waals surface area contributed by atoms with Gasteiger partial charge in [-0.15, -0.1) is 0 Å². The van der Waals surface area contributed by atoms with Gasteiger partial charge in [0.25, 0.3) is 0 Å². The Bertz CT molecular complexity index is 329. The maximum Gasteiger partial charge on any atom is 0.408 e. The molecule has 1 unspecified atom stereocenters. The topological polar surface area (TPSA) is 104 Å². The van der Waals surface area contributed by atoms with E-state index in [4.69, 9.17) is 10.8 Å². The molecule has 6 nitrogen and oxygen atoms in total. The van der Waals surface area contributed by atoms with Gasteiger partial charge in [0.05, 0.1) is 0 Å². The summed E-state index contributed by atoms with van der Waals surface area (Å²) >= 11 is 0. The lowest BCUT2D eigenvalue weighted by atomic mass is 9.83. The number of piperidine rings is 1. The Balaban J connectivity index is 2.96. The lowest BCUT2D eigenvalue weighted by Crippen LogP contribution is -2.58. The first-order chi connectivity index (χ1) is 8.04. The second kappa shape index (κ2) is 5.67. The minimum atomic E-state index is -1.32. The van der Waals surface area contributed by atoms with Crippen LogP contribution >= 0.6 is 0 Å². The molecule has 0 radical (unpaired) electrons. The van der Waals surface area contributed by atoms with Gasteiger partial charge in [-0.2, -0.15) is 0 Å². The van der Waals surface area contributed by atoms with Gasteiger partial charge >= 0.3 is 12.1 Å². The van der Waals surface area contributed by atoms with Crippen molar-refractivity contribution in [3.05, 3.63) is 12.2 Å². The Morgan fingerprint density at radius 3 is 2.53 bits per heavy atom. The van der Waals surface area contributed by atoms with Crippen LogP contribution in [0, 0.1) is 0 Å². The molecule has 0 aromatic heterocycles. The van der Waals surface area contributed by atoms with Gasteiger partial charge in [0.1, 0.15) is 5.54 Å². The zero-order valence-electron chi connectivity index (χ0n) is 9.63. The fourth-order valence-electron chi connectivity index (χ4n) is 2.21. The molecule has 0 saturated carbocycles. The van der Waals surface area contributed by atoms with E-state index in [9.17, 15) is 14.7 Å². The van der Waals surface area contributed by atoms with Gasteiger partial charge in [0, 0.05) is 13.1 Å². The largest absolute Gasteiger partial charge is 0.479 e. The number of nitrogens with zero attached hydrogens (tertiary/aromatic N) is 1. The highest BCUT2D eigenvalue weighted by molar-refractivity contribution is 5.84. The van der Waals surface area contributed by atoms with E-state index in [-0.39, 0.29) is 13.0 Å². The molecule has 0 aromatic carbocycles. The third-order valence-electron chi connectivity index (χ3n) is 3.13. The predicted molar refractivity (Wildman–Crippen MR) is 61.8 cm³/mol. The average Bonchev–Trinajstić information content (AvgIpc) is 2.29. The van der Waals surface area contributed by atoms with Crippen molar-refractivity contribution >= 4 is 12.1 Å². The van der Waals surface area contributed by atoms with Crippen LogP contribution < -0.4 is 5.73 Å². The predicted octanol–water partition coefficient (Wildman–Crippen LogP) is 0.879. The van der Waals surface area contributed by atoms with E-state index in [0.717, 1.165) is 11.3 Å². The highest BCUT2D eigenvalue weighted by atomic mass is 16.4. The summed E-state index contributed by atoms with van der Waals surface area (Å²) in [5.41, 5.74) is 3.97. The second-order valence-electron chi connectivity index (χ2n) is 4.14. The van der Waals surface area contributed by atoms with Crippen molar-refractivity contribution < 1.29 is 19.8 Å². The molecular formula is C11H18N2O4. The van der Waals surface area contributed by atoms with Gasteiger partial charge < -0.3 is 15.9 Å². The molecule has 1 saturated heterocycles. The van der Waals surface area contributed by atoms with Crippen LogP contribution in [0.25, 0.3) is 0 Å². The summed E-state index contributed by atoms with van der Waals surface area (Å²) in [4.78, 5) is 23.6. The zero-order valence-corrected chi connectivity index (χ0v) is 9.63. The third kappa shape index (κ3) is 2.76. The molecule has 6 heteroatoms. The number of likely N-dealkylation sites (tertiary alicyclic amines) is 1. The SMILES string of the molecule is NCC=CCC1(C(=O)O)CCCCN1C(=O)O. The Morgan fingerprint density at radius 1 is 1.29 bits per heavy atom. The number of rotatable bonds is 4. The number of nitrogens with two attached hydrogens (primary N) is 1. The van der Waals surface area contributed by atoms with Crippen molar-refractivity contribution in [1.29, 1.82) is 0 Å². The Hall–Kier alpha value is -1.56. The lowest BCUT2D eigenvalue weighted by molar-refractivity contribution is -0.152. The molecule has 0 aromatic rings. The summed E-state index contributed by atoms with van der Waals surface area (Å²) < 4.78 is 0. The number of amides is 1. The first-order valence-electron chi connectivity index (χ1n) is 5.63. The van der Waals surface area contributed by atoms with Crippen LogP contribution in [0.3, 0.4) is 0 Å². The van der Waals surface area contributed by atoms with Crippen LogP contribution in [-0.4, -0.2) is 45.8 Å². The molecule has 1 atom stereocenters. The van der Waals surface area contributed by atoms with Gasteiger partial charge in [-0.05, 0) is 25.7 Å². The van der Waals surface area contributed by atoms with E-state index in [0.29, 0.717) is 19.4 Å². The minimum absolute atomic E-state index is 0.172. The molecule has 0 bridgehead atoms. The van der Waals surface area contributed by atoms with Gasteiger partial charge in [0.15, 0.2) is 0 Å². The second-order valence-corrected chi connectivity index (χ2v) is 4.14. The van der Waals surface area contributed by atoms with Crippen molar-refractivity contribution in [2.75, 3.05) is 13.1 Å². The summed E-state index contributed by atoms with van der Waals surface area (Å²) in [6.07, 6.45) is 4.09. The molecular weight excluding hydrogens is 224 g/mol. The fraction of sp³-hybridized carbons (Fsp3) is 0.636. The fourth-order valence-corrected chi connectivity index (χ4v) is 2.21. The van der Waals surface area contributed by atoms with E-state index in [1.54, 1.807) is 12.2 Å². The average molecular weight is 242 g/mol. The maximum atomic E-state index is 11.4. The highest BCUT2D eigenvalue weighted by Crippen LogP contribution is 2.32. The van der Waals surface area contributed by atoms with Gasteiger partial charge in [-0.3, -0.25) is 4.90 Å². The van der Waals surface area contributed by atoms with Crippen LogP contribution in [0.15, 0.2) is 12.2 Å². The summed E-state index contributed by atoms with van der Waals surface area (Å²) in [5.74, 6) is -1.08. The summed E-state index contributed by atoms with van der Waals surface area (Å²) in [5, 5.41) is 18.4. The van der Waals surface area contributed by atoms with Crippen LogP contribution in [0.2, 0.25) is 0 Å². The van der Waals surface area contributed by atoms with Gasteiger partial charge in [0.2, 0.25) is 0 Å². The van der Waals surface area contributed by atoms with Gasteiger partial charge in [-0.25, -0.2) is 9.59 Å². The summed E-state index contributed by atoms with van der Waals surface area (Å²) in [6.45, 7) is 0.598. The molecule has 1 aliphatic heterocycles. The number of carboxylic acids is 1. The number of hydrogen-bond donors (Lipinski definition) is 3. The quantitative estimate of drug-likeness (QED) is 0.635. The molecule has 1 aliphatic rings. The molecule has 1 fully saturated rings. The summed E-state index contributed by atoms with van der Waals surface area (Å²) in [7, 11) is 0. The number of hydrogen-bond acceptors (Lipinski definition) is 3. The lowest BCUT2D eigenvalue weighted by Gasteiger charge is -2.41. The Labute approximate surface area is 99.7 Å². The summed E-state index contributed by atoms with van der Waals surface area (Å²) in [6, 6.07) is 0. The van der Waals surface area contributed by atoms with E-state index in [1.165, 1.54) is 0 Å². The van der Waals surface area contributed by atoms with Crippen LogP contribution in [-0.2, 0) is 4.79 Å². The molecule has 96 valence electrons. The number of carbonyl (C=O) groups is 2.